The van der Waals surface area contributed by atoms with Crippen LogP contribution in [0.15, 0.2) is 28.7 Å². The van der Waals surface area contributed by atoms with Crippen LogP contribution in [-0.4, -0.2) is 6.18 Å². The Morgan fingerprint density at radius 2 is 1.86 bits per heavy atom. The van der Waals surface area contributed by atoms with Crippen LogP contribution in [0.2, 0.25) is 0 Å². The zero-order valence-corrected chi connectivity index (χ0v) is 9.29. The molecule has 0 aliphatic carbocycles. The molecule has 0 radical (unpaired) electrons. The first-order chi connectivity index (χ1) is 5.91. The lowest BCUT2D eigenvalue weighted by atomic mass is 10.1. The van der Waals surface area contributed by atoms with Crippen molar-refractivity contribution in [2.24, 2.45) is 5.73 Å². The Bertz CT molecular complexity index is 303. The van der Waals surface area contributed by atoms with Gasteiger partial charge in [-0.25, -0.2) is 0 Å². The smallest absolute Gasteiger partial charge is 0.316 e. The predicted octanol–water partition coefficient (Wildman–Crippen LogP) is 3.43. The molecule has 0 bridgehead atoms. The third-order valence-electron chi connectivity index (χ3n) is 1.56. The summed E-state index contributed by atoms with van der Waals surface area (Å²) < 4.78 is 37.0. The Labute approximate surface area is 94.0 Å². The molecular weight excluding hydrogens is 282 g/mol. The summed E-state index contributed by atoms with van der Waals surface area (Å²) in [5.74, 6) is 0. The Morgan fingerprint density at radius 1 is 1.29 bits per heavy atom. The Morgan fingerprint density at radius 3 is 2.29 bits per heavy atom. The van der Waals surface area contributed by atoms with Crippen LogP contribution < -0.4 is 5.73 Å². The summed E-state index contributed by atoms with van der Waals surface area (Å²) in [5, 5.41) is 0. The van der Waals surface area contributed by atoms with Crippen molar-refractivity contribution < 1.29 is 13.2 Å². The van der Waals surface area contributed by atoms with Gasteiger partial charge in [0.2, 0.25) is 0 Å². The van der Waals surface area contributed by atoms with E-state index in [1.54, 1.807) is 6.07 Å². The molecule has 0 amide bonds. The SMILES string of the molecule is Cl.N[C@H](c1cccc(Br)c1)C(F)(F)F. The first-order valence-electron chi connectivity index (χ1n) is 3.49. The van der Waals surface area contributed by atoms with E-state index in [0.29, 0.717) is 4.47 Å². The van der Waals surface area contributed by atoms with E-state index in [4.69, 9.17) is 5.73 Å². The van der Waals surface area contributed by atoms with Gasteiger partial charge in [-0.1, -0.05) is 28.1 Å². The van der Waals surface area contributed by atoms with E-state index >= 15 is 0 Å². The van der Waals surface area contributed by atoms with Gasteiger partial charge in [0.15, 0.2) is 0 Å². The first kappa shape index (κ1) is 13.7. The Kier molecular flexibility index (Phi) is 4.91. The average molecular weight is 291 g/mol. The zero-order valence-electron chi connectivity index (χ0n) is 6.88. The van der Waals surface area contributed by atoms with Crippen molar-refractivity contribution in [2.45, 2.75) is 12.2 Å². The second kappa shape index (κ2) is 5.00. The summed E-state index contributed by atoms with van der Waals surface area (Å²) in [7, 11) is 0. The molecule has 0 aliphatic rings. The molecular formula is C8H8BrClF3N. The number of hydrogen-bond acceptors (Lipinski definition) is 1. The number of hydrogen-bond donors (Lipinski definition) is 1. The minimum Gasteiger partial charge on any atom is -0.316 e. The van der Waals surface area contributed by atoms with E-state index in [-0.39, 0.29) is 18.0 Å². The third kappa shape index (κ3) is 3.48. The second-order valence-electron chi connectivity index (χ2n) is 2.57. The van der Waals surface area contributed by atoms with Crippen LogP contribution in [0.3, 0.4) is 0 Å². The van der Waals surface area contributed by atoms with Gasteiger partial charge < -0.3 is 5.73 Å². The lowest BCUT2D eigenvalue weighted by Gasteiger charge is -2.15. The Balaban J connectivity index is 0.00000169. The fourth-order valence-electron chi connectivity index (χ4n) is 0.889. The minimum atomic E-state index is -4.39. The van der Waals surface area contributed by atoms with Crippen LogP contribution in [0.5, 0.6) is 0 Å². The zero-order chi connectivity index (χ0) is 10.1. The molecule has 1 aromatic rings. The molecule has 0 spiro atoms. The lowest BCUT2D eigenvalue weighted by molar-refractivity contribution is -0.149. The summed E-state index contributed by atoms with van der Waals surface area (Å²) in [5.41, 5.74) is 5.05. The van der Waals surface area contributed by atoms with Crippen molar-refractivity contribution in [3.05, 3.63) is 34.3 Å². The molecule has 1 atom stereocenters. The summed E-state index contributed by atoms with van der Waals surface area (Å²) in [6.45, 7) is 0. The topological polar surface area (TPSA) is 26.0 Å². The van der Waals surface area contributed by atoms with Gasteiger partial charge in [-0.2, -0.15) is 13.2 Å². The van der Waals surface area contributed by atoms with Crippen LogP contribution in [0.1, 0.15) is 11.6 Å². The van der Waals surface area contributed by atoms with E-state index in [9.17, 15) is 13.2 Å². The molecule has 1 aromatic carbocycles. The van der Waals surface area contributed by atoms with E-state index < -0.39 is 12.2 Å². The fraction of sp³-hybridized carbons (Fsp3) is 0.250. The summed E-state index contributed by atoms with van der Waals surface area (Å²) >= 11 is 3.07. The molecule has 0 saturated heterocycles. The number of halogens is 5. The average Bonchev–Trinajstić information content (AvgIpc) is 2.01. The van der Waals surface area contributed by atoms with Crippen molar-refractivity contribution in [1.82, 2.24) is 0 Å². The van der Waals surface area contributed by atoms with Gasteiger partial charge in [0, 0.05) is 4.47 Å². The highest BCUT2D eigenvalue weighted by Gasteiger charge is 2.37. The predicted molar refractivity (Wildman–Crippen MR) is 54.4 cm³/mol. The molecule has 0 heterocycles. The molecule has 0 aliphatic heterocycles. The molecule has 0 saturated carbocycles. The largest absolute Gasteiger partial charge is 0.407 e. The van der Waals surface area contributed by atoms with E-state index in [1.807, 2.05) is 0 Å². The minimum absolute atomic E-state index is 0. The maximum atomic E-state index is 12.1. The van der Waals surface area contributed by atoms with Crippen LogP contribution in [-0.2, 0) is 0 Å². The molecule has 0 aromatic heterocycles. The van der Waals surface area contributed by atoms with Gasteiger partial charge in [0.1, 0.15) is 6.04 Å². The second-order valence-corrected chi connectivity index (χ2v) is 3.49. The molecule has 80 valence electrons. The highest BCUT2D eigenvalue weighted by atomic mass is 79.9. The fourth-order valence-corrected chi connectivity index (χ4v) is 1.31. The van der Waals surface area contributed by atoms with Gasteiger partial charge in [-0.3, -0.25) is 0 Å². The van der Waals surface area contributed by atoms with Gasteiger partial charge in [-0.15, -0.1) is 12.4 Å². The van der Waals surface area contributed by atoms with Crippen molar-refractivity contribution in [1.29, 1.82) is 0 Å². The highest BCUT2D eigenvalue weighted by Crippen LogP contribution is 2.31. The number of nitrogens with two attached hydrogens (primary N) is 1. The Hall–Kier alpha value is -0.260. The highest BCUT2D eigenvalue weighted by molar-refractivity contribution is 9.10. The normalized spacial score (nSPS) is 13.2. The summed E-state index contributed by atoms with van der Waals surface area (Å²) in [6.07, 6.45) is -4.39. The lowest BCUT2D eigenvalue weighted by Crippen LogP contribution is -2.28. The summed E-state index contributed by atoms with van der Waals surface area (Å²) in [4.78, 5) is 0. The number of benzene rings is 1. The number of alkyl halides is 3. The van der Waals surface area contributed by atoms with Crippen LogP contribution >= 0.6 is 28.3 Å². The van der Waals surface area contributed by atoms with Gasteiger partial charge in [0.05, 0.1) is 0 Å². The van der Waals surface area contributed by atoms with Crippen LogP contribution in [0.4, 0.5) is 13.2 Å². The van der Waals surface area contributed by atoms with Crippen molar-refractivity contribution in [3.63, 3.8) is 0 Å². The monoisotopic (exact) mass is 289 g/mol. The maximum Gasteiger partial charge on any atom is 0.407 e. The van der Waals surface area contributed by atoms with Crippen molar-refractivity contribution in [3.8, 4) is 0 Å². The standard InChI is InChI=1S/C8H7BrF3N.ClH/c9-6-3-1-2-5(4-6)7(13)8(10,11)12;/h1-4,7H,13H2;1H/t7-;/m1./s1. The van der Waals surface area contributed by atoms with E-state index in [1.165, 1.54) is 18.2 Å². The molecule has 1 rings (SSSR count). The first-order valence-corrected chi connectivity index (χ1v) is 4.28. The molecule has 0 unspecified atom stereocenters. The summed E-state index contributed by atoms with van der Waals surface area (Å²) in [6, 6.07) is 3.96. The van der Waals surface area contributed by atoms with E-state index in [2.05, 4.69) is 15.9 Å². The van der Waals surface area contributed by atoms with Crippen molar-refractivity contribution in [2.75, 3.05) is 0 Å². The van der Waals surface area contributed by atoms with Crippen LogP contribution in [0.25, 0.3) is 0 Å². The van der Waals surface area contributed by atoms with Gasteiger partial charge in [0.25, 0.3) is 0 Å². The van der Waals surface area contributed by atoms with Crippen LogP contribution in [0, 0.1) is 0 Å². The maximum absolute atomic E-state index is 12.1. The molecule has 0 fully saturated rings. The molecule has 6 heteroatoms. The number of rotatable bonds is 1. The third-order valence-corrected chi connectivity index (χ3v) is 2.05. The quantitative estimate of drug-likeness (QED) is 0.842. The van der Waals surface area contributed by atoms with Crippen molar-refractivity contribution >= 4 is 28.3 Å². The van der Waals surface area contributed by atoms with E-state index in [0.717, 1.165) is 0 Å². The molecule has 14 heavy (non-hydrogen) atoms. The van der Waals surface area contributed by atoms with Gasteiger partial charge >= 0.3 is 6.18 Å². The van der Waals surface area contributed by atoms with Gasteiger partial charge in [-0.05, 0) is 17.7 Å². The molecule has 1 nitrogen and oxygen atoms in total. The molecule has 2 N–H and O–H groups in total.